The quantitative estimate of drug-likeness (QED) is 0.592. The third-order valence-electron chi connectivity index (χ3n) is 6.09. The second-order valence-corrected chi connectivity index (χ2v) is 10.1. The lowest BCUT2D eigenvalue weighted by Gasteiger charge is -2.17. The lowest BCUT2D eigenvalue weighted by molar-refractivity contribution is 0.0711. The molecule has 0 atom stereocenters. The van der Waals surface area contributed by atoms with Crippen LogP contribution in [0.5, 0.6) is 0 Å². The van der Waals surface area contributed by atoms with E-state index in [1.165, 1.54) is 6.07 Å². The van der Waals surface area contributed by atoms with Gasteiger partial charge in [0.15, 0.2) is 0 Å². The predicted octanol–water partition coefficient (Wildman–Crippen LogP) is 4.48. The average molecular weight is 469 g/mol. The summed E-state index contributed by atoms with van der Waals surface area (Å²) in [5, 5.41) is 3.94. The number of hydrogen-bond acceptors (Lipinski definition) is 6. The highest BCUT2D eigenvalue weighted by molar-refractivity contribution is 7.92. The molecule has 2 aromatic carbocycles. The molecule has 0 bridgehead atoms. The van der Waals surface area contributed by atoms with Gasteiger partial charge in [-0.2, -0.15) is 4.98 Å². The molecule has 0 aliphatic carbocycles. The van der Waals surface area contributed by atoms with Gasteiger partial charge < -0.3 is 9.42 Å². The Labute approximate surface area is 194 Å². The van der Waals surface area contributed by atoms with Crippen molar-refractivity contribution >= 4 is 21.6 Å². The van der Waals surface area contributed by atoms with E-state index < -0.39 is 10.0 Å². The molecule has 1 fully saturated rings. The first-order valence-electron chi connectivity index (χ1n) is 11.1. The van der Waals surface area contributed by atoms with Crippen LogP contribution >= 0.6 is 0 Å². The highest BCUT2D eigenvalue weighted by atomic mass is 32.2. The maximum Gasteiger partial charge on any atom is 0.316 e. The van der Waals surface area contributed by atoms with Crippen LogP contribution in [-0.2, 0) is 10.0 Å². The largest absolute Gasteiger partial charge is 0.334 e. The van der Waals surface area contributed by atoms with Crippen molar-refractivity contribution < 1.29 is 17.7 Å². The van der Waals surface area contributed by atoms with Gasteiger partial charge in [0.1, 0.15) is 0 Å². The zero-order valence-electron chi connectivity index (χ0n) is 19.1. The molecular formula is C24H28N4O4S. The van der Waals surface area contributed by atoms with E-state index in [1.54, 1.807) is 30.0 Å². The molecule has 0 spiro atoms. The van der Waals surface area contributed by atoms with Crippen LogP contribution < -0.4 is 4.72 Å². The minimum absolute atomic E-state index is 0.0783. The van der Waals surface area contributed by atoms with E-state index in [4.69, 9.17) is 4.52 Å². The molecule has 33 heavy (non-hydrogen) atoms. The van der Waals surface area contributed by atoms with E-state index in [9.17, 15) is 13.2 Å². The van der Waals surface area contributed by atoms with E-state index in [-0.39, 0.29) is 22.5 Å². The van der Waals surface area contributed by atoms with Gasteiger partial charge in [-0.05, 0) is 62.4 Å². The van der Waals surface area contributed by atoms with Gasteiger partial charge in [-0.3, -0.25) is 9.52 Å². The molecular weight excluding hydrogens is 440 g/mol. The summed E-state index contributed by atoms with van der Waals surface area (Å²) < 4.78 is 34.3. The molecule has 0 unspecified atom stereocenters. The average Bonchev–Trinajstić information content (AvgIpc) is 3.12. The molecule has 1 amide bonds. The Morgan fingerprint density at radius 3 is 2.45 bits per heavy atom. The van der Waals surface area contributed by atoms with Gasteiger partial charge in [-0.15, -0.1) is 0 Å². The number of aromatic nitrogens is 2. The zero-order valence-corrected chi connectivity index (χ0v) is 19.9. The number of anilines is 1. The van der Waals surface area contributed by atoms with Gasteiger partial charge in [-0.25, -0.2) is 8.42 Å². The van der Waals surface area contributed by atoms with E-state index in [1.807, 2.05) is 26.0 Å². The molecule has 4 rings (SSSR count). The van der Waals surface area contributed by atoms with E-state index in [2.05, 4.69) is 14.9 Å². The fourth-order valence-corrected chi connectivity index (χ4v) is 5.32. The zero-order chi connectivity index (χ0) is 23.6. The van der Waals surface area contributed by atoms with Gasteiger partial charge in [0.25, 0.3) is 10.0 Å². The summed E-state index contributed by atoms with van der Waals surface area (Å²) in [5.41, 5.74) is 3.44. The van der Waals surface area contributed by atoms with Crippen molar-refractivity contribution in [3.63, 3.8) is 0 Å². The summed E-state index contributed by atoms with van der Waals surface area (Å²) in [5.74, 6) is -0.186. The highest BCUT2D eigenvalue weighted by Gasteiger charge is 2.25. The monoisotopic (exact) mass is 468 g/mol. The summed E-state index contributed by atoms with van der Waals surface area (Å²) in [6.45, 7) is 6.88. The van der Waals surface area contributed by atoms with Crippen LogP contribution in [0.25, 0.3) is 11.4 Å². The van der Waals surface area contributed by atoms with Gasteiger partial charge in [0, 0.05) is 18.7 Å². The molecule has 0 saturated carbocycles. The summed E-state index contributed by atoms with van der Waals surface area (Å²) in [6, 6.07) is 10.4. The first kappa shape index (κ1) is 23.0. The number of nitrogens with one attached hydrogen (secondary N) is 1. The maximum absolute atomic E-state index is 13.2. The Morgan fingerprint density at radius 2 is 1.73 bits per heavy atom. The molecule has 2 heterocycles. The van der Waals surface area contributed by atoms with Crippen LogP contribution in [-0.4, -0.2) is 42.5 Å². The Hall–Kier alpha value is -3.20. The van der Waals surface area contributed by atoms with Crippen molar-refractivity contribution in [1.29, 1.82) is 0 Å². The SMILES string of the molecule is Cc1ccc(-c2noc(C(=O)N3CCCCCC3)n2)cc1S(=O)(=O)Nc1cccc(C)c1C. The number of carbonyl (C=O) groups is 1. The number of carbonyl (C=O) groups excluding carboxylic acids is 1. The van der Waals surface area contributed by atoms with Crippen molar-refractivity contribution in [2.45, 2.75) is 51.3 Å². The second-order valence-electron chi connectivity index (χ2n) is 8.46. The van der Waals surface area contributed by atoms with Crippen LogP contribution in [0.4, 0.5) is 5.69 Å². The van der Waals surface area contributed by atoms with Gasteiger partial charge in [0.2, 0.25) is 5.82 Å². The summed E-state index contributed by atoms with van der Waals surface area (Å²) in [4.78, 5) is 18.9. The minimum Gasteiger partial charge on any atom is -0.334 e. The number of benzene rings is 2. The second kappa shape index (κ2) is 9.35. The first-order chi connectivity index (χ1) is 15.8. The Balaban J connectivity index is 1.61. The number of amides is 1. The summed E-state index contributed by atoms with van der Waals surface area (Å²) in [6.07, 6.45) is 4.13. The predicted molar refractivity (Wildman–Crippen MR) is 126 cm³/mol. The smallest absolute Gasteiger partial charge is 0.316 e. The van der Waals surface area contributed by atoms with E-state index >= 15 is 0 Å². The molecule has 1 N–H and O–H groups in total. The third kappa shape index (κ3) is 4.93. The van der Waals surface area contributed by atoms with Gasteiger partial charge in [-0.1, -0.05) is 42.3 Å². The van der Waals surface area contributed by atoms with Crippen LogP contribution in [0.3, 0.4) is 0 Å². The summed E-state index contributed by atoms with van der Waals surface area (Å²) in [7, 11) is -3.86. The van der Waals surface area contributed by atoms with Crippen molar-refractivity contribution in [2.75, 3.05) is 17.8 Å². The van der Waals surface area contributed by atoms with E-state index in [0.29, 0.717) is 29.9 Å². The molecule has 3 aromatic rings. The maximum atomic E-state index is 13.2. The standard InChI is InChI=1S/C24H28N4O4S/c1-16-9-8-10-20(18(16)3)27-33(30,31)21-15-19(12-11-17(21)2)22-25-23(32-26-22)24(29)28-13-6-4-5-7-14-28/h8-12,15,27H,4-7,13-14H2,1-3H3. The minimum atomic E-state index is -3.86. The lowest BCUT2D eigenvalue weighted by atomic mass is 10.1. The molecule has 9 heteroatoms. The van der Waals surface area contributed by atoms with E-state index in [0.717, 1.165) is 36.8 Å². The Bertz CT molecular complexity index is 1280. The van der Waals surface area contributed by atoms with Crippen LogP contribution in [0, 0.1) is 20.8 Å². The number of rotatable bonds is 5. The van der Waals surface area contributed by atoms with Crippen LogP contribution in [0.2, 0.25) is 0 Å². The van der Waals surface area contributed by atoms with Crippen molar-refractivity contribution in [3.8, 4) is 11.4 Å². The molecule has 1 aromatic heterocycles. The molecule has 8 nitrogen and oxygen atoms in total. The van der Waals surface area contributed by atoms with Crippen molar-refractivity contribution in [3.05, 3.63) is 59.0 Å². The molecule has 0 radical (unpaired) electrons. The first-order valence-corrected chi connectivity index (χ1v) is 12.6. The number of nitrogens with zero attached hydrogens (tertiary/aromatic N) is 3. The van der Waals surface area contributed by atoms with Crippen LogP contribution in [0.15, 0.2) is 45.8 Å². The van der Waals surface area contributed by atoms with Crippen molar-refractivity contribution in [1.82, 2.24) is 15.0 Å². The van der Waals surface area contributed by atoms with Gasteiger partial charge >= 0.3 is 11.8 Å². The molecule has 1 aliphatic rings. The fourth-order valence-electron chi connectivity index (χ4n) is 3.93. The van der Waals surface area contributed by atoms with Crippen LogP contribution in [0.1, 0.15) is 53.1 Å². The number of sulfonamides is 1. The molecule has 1 saturated heterocycles. The number of hydrogen-bond donors (Lipinski definition) is 1. The van der Waals surface area contributed by atoms with Gasteiger partial charge in [0.05, 0.1) is 10.6 Å². The number of aryl methyl sites for hydroxylation is 2. The Kier molecular flexibility index (Phi) is 6.51. The highest BCUT2D eigenvalue weighted by Crippen LogP contribution is 2.27. The third-order valence-corrected chi connectivity index (χ3v) is 7.59. The lowest BCUT2D eigenvalue weighted by Crippen LogP contribution is -2.32. The fraction of sp³-hybridized carbons (Fsp3) is 0.375. The molecule has 1 aliphatic heterocycles. The normalized spacial score (nSPS) is 14.7. The molecule has 174 valence electrons. The Morgan fingerprint density at radius 1 is 1.00 bits per heavy atom. The van der Waals surface area contributed by atoms with Crippen molar-refractivity contribution in [2.24, 2.45) is 0 Å². The number of likely N-dealkylation sites (tertiary alicyclic amines) is 1. The topological polar surface area (TPSA) is 105 Å². The summed E-state index contributed by atoms with van der Waals surface area (Å²) >= 11 is 0.